The van der Waals surface area contributed by atoms with Crippen molar-refractivity contribution in [2.45, 2.75) is 38.0 Å². The molecule has 0 bridgehead atoms. The zero-order valence-electron chi connectivity index (χ0n) is 25.0. The summed E-state index contributed by atoms with van der Waals surface area (Å²) < 4.78 is 12.8. The molecule has 10 heteroatoms. The van der Waals surface area contributed by atoms with Gasteiger partial charge in [-0.15, -0.1) is 11.3 Å². The monoisotopic (exact) mass is 629 g/mol. The lowest BCUT2D eigenvalue weighted by Gasteiger charge is -2.37. The third kappa shape index (κ3) is 4.95. The number of thiophene rings is 1. The van der Waals surface area contributed by atoms with E-state index in [0.29, 0.717) is 50.2 Å². The molecule has 7 N–H and O–H groups in total. The highest BCUT2D eigenvalue weighted by molar-refractivity contribution is 7.24. The number of carbonyl (C=O) groups is 2. The van der Waals surface area contributed by atoms with Gasteiger partial charge in [0.2, 0.25) is 5.91 Å². The number of ketones is 1. The van der Waals surface area contributed by atoms with Gasteiger partial charge < -0.3 is 32.0 Å². The first-order valence-electron chi connectivity index (χ1n) is 14.9. The van der Waals surface area contributed by atoms with Crippen molar-refractivity contribution < 1.29 is 19.1 Å². The number of para-hydroxylation sites is 1. The molecule has 0 saturated heterocycles. The van der Waals surface area contributed by atoms with Crippen LogP contribution in [-0.2, 0) is 21.7 Å². The minimum atomic E-state index is -1.54. The van der Waals surface area contributed by atoms with Crippen LogP contribution in [-0.4, -0.2) is 11.7 Å². The SMILES string of the molecule is Cc1cc(Oc2cccc(COc3ccccc3C#N)c2)ccc1C1(N)C(=O)C(N)c2c(NC(=O)C3CC3)sc3c(N)ccc1c23. The lowest BCUT2D eigenvalue weighted by Crippen LogP contribution is -2.52. The second-order valence-corrected chi connectivity index (χ2v) is 12.8. The van der Waals surface area contributed by atoms with Gasteiger partial charge in [0, 0.05) is 22.6 Å². The molecule has 1 fully saturated rings. The fourth-order valence-corrected chi connectivity index (χ4v) is 7.34. The van der Waals surface area contributed by atoms with Crippen LogP contribution in [0.3, 0.4) is 0 Å². The highest BCUT2D eigenvalue weighted by Gasteiger charge is 2.49. The predicted octanol–water partition coefficient (Wildman–Crippen LogP) is 6.17. The molecule has 2 aliphatic carbocycles. The lowest BCUT2D eigenvalue weighted by molar-refractivity contribution is -0.124. The van der Waals surface area contributed by atoms with Crippen molar-refractivity contribution in [2.75, 3.05) is 11.1 Å². The van der Waals surface area contributed by atoms with Crippen molar-refractivity contribution in [2.24, 2.45) is 17.4 Å². The van der Waals surface area contributed by atoms with Crippen molar-refractivity contribution in [3.63, 3.8) is 0 Å². The Morgan fingerprint density at radius 1 is 1.04 bits per heavy atom. The first-order chi connectivity index (χ1) is 22.2. The molecule has 1 aromatic heterocycles. The Morgan fingerprint density at radius 3 is 2.57 bits per heavy atom. The number of hydrogen-bond acceptors (Lipinski definition) is 9. The maximum absolute atomic E-state index is 14.1. The Hall–Kier alpha value is -5.21. The van der Waals surface area contributed by atoms with E-state index in [9.17, 15) is 14.9 Å². The normalized spacial score (nSPS) is 18.7. The molecular weight excluding hydrogens is 598 g/mol. The van der Waals surface area contributed by atoms with E-state index < -0.39 is 11.6 Å². The number of ether oxygens (including phenoxy) is 2. The van der Waals surface area contributed by atoms with Crippen LogP contribution >= 0.6 is 11.3 Å². The van der Waals surface area contributed by atoms with E-state index >= 15 is 0 Å². The molecular formula is C36H31N5O4S. The summed E-state index contributed by atoms with van der Waals surface area (Å²) in [6.07, 6.45) is 1.71. The third-order valence-electron chi connectivity index (χ3n) is 8.66. The fourth-order valence-electron chi connectivity index (χ4n) is 6.13. The van der Waals surface area contributed by atoms with E-state index in [2.05, 4.69) is 11.4 Å². The predicted molar refractivity (Wildman–Crippen MR) is 178 cm³/mol. The van der Waals surface area contributed by atoms with Gasteiger partial charge in [-0.2, -0.15) is 5.26 Å². The van der Waals surface area contributed by atoms with Gasteiger partial charge in [0.1, 0.15) is 40.5 Å². The molecule has 9 nitrogen and oxygen atoms in total. The lowest BCUT2D eigenvalue weighted by atomic mass is 9.70. The van der Waals surface area contributed by atoms with E-state index in [1.165, 1.54) is 11.3 Å². The van der Waals surface area contributed by atoms with Crippen molar-refractivity contribution in [3.05, 3.63) is 112 Å². The number of nitrogens with one attached hydrogen (secondary N) is 1. The summed E-state index contributed by atoms with van der Waals surface area (Å²) >= 11 is 1.33. The average molecular weight is 630 g/mol. The molecule has 230 valence electrons. The molecule has 7 rings (SSSR count). The van der Waals surface area contributed by atoms with Crippen LogP contribution in [0, 0.1) is 24.2 Å². The van der Waals surface area contributed by atoms with Crippen LogP contribution in [0.4, 0.5) is 10.7 Å². The first-order valence-corrected chi connectivity index (χ1v) is 15.8. The van der Waals surface area contributed by atoms with E-state index in [1.807, 2.05) is 43.3 Å². The van der Waals surface area contributed by atoms with Crippen molar-refractivity contribution in [1.29, 1.82) is 5.26 Å². The summed E-state index contributed by atoms with van der Waals surface area (Å²) in [5.74, 6) is 1.24. The summed E-state index contributed by atoms with van der Waals surface area (Å²) in [5.41, 5.74) is 23.0. The Morgan fingerprint density at radius 2 is 1.80 bits per heavy atom. The van der Waals surface area contributed by atoms with Crippen molar-refractivity contribution in [1.82, 2.24) is 0 Å². The van der Waals surface area contributed by atoms with Crippen molar-refractivity contribution in [3.8, 4) is 23.3 Å². The van der Waals surface area contributed by atoms with Gasteiger partial charge in [0.25, 0.3) is 0 Å². The van der Waals surface area contributed by atoms with Crippen LogP contribution in [0.15, 0.2) is 78.9 Å². The number of Topliss-reactive ketones (excluding diaryl/α,β-unsaturated/α-hetero) is 1. The smallest absolute Gasteiger partial charge is 0.228 e. The van der Waals surface area contributed by atoms with E-state index in [1.54, 1.807) is 42.5 Å². The number of nitrogens with two attached hydrogens (primary N) is 3. The second kappa shape index (κ2) is 11.3. The number of nitrogen functional groups attached to an aromatic ring is 1. The molecule has 5 aromatic rings. The topological polar surface area (TPSA) is 166 Å². The van der Waals surface area contributed by atoms with Crippen LogP contribution in [0.2, 0.25) is 0 Å². The molecule has 1 amide bonds. The fraction of sp³-hybridized carbons (Fsp3) is 0.194. The first kappa shape index (κ1) is 29.5. The molecule has 1 heterocycles. The standard InChI is InChI=1S/C36H31N5O4S/c1-19-15-24(45-23-7-4-5-20(16-23)18-44-28-8-3-2-6-22(28)17-37)11-12-25(19)36(40)26-13-14-27(38)32-29(26)30(31(39)33(36)42)35(46-32)41-34(43)21-9-10-21/h2-8,11-16,21,31H,9-10,18,38-40H2,1H3,(H,41,43). The molecule has 2 aliphatic rings. The van der Waals surface area contributed by atoms with E-state index in [-0.39, 0.29) is 24.2 Å². The minimum Gasteiger partial charge on any atom is -0.488 e. The quantitative estimate of drug-likeness (QED) is 0.148. The average Bonchev–Trinajstić information content (AvgIpc) is 3.84. The zero-order valence-corrected chi connectivity index (χ0v) is 25.8. The molecule has 2 unspecified atom stereocenters. The zero-order chi connectivity index (χ0) is 32.2. The summed E-state index contributed by atoms with van der Waals surface area (Å²) in [7, 11) is 0. The number of nitrogens with zero attached hydrogens (tertiary/aromatic N) is 1. The van der Waals surface area contributed by atoms with Gasteiger partial charge in [-0.1, -0.05) is 36.4 Å². The maximum Gasteiger partial charge on any atom is 0.228 e. The van der Waals surface area contributed by atoms with Gasteiger partial charge in [-0.05, 0) is 84.5 Å². The summed E-state index contributed by atoms with van der Waals surface area (Å²) in [4.78, 5) is 26.8. The molecule has 46 heavy (non-hydrogen) atoms. The summed E-state index contributed by atoms with van der Waals surface area (Å²) in [6.45, 7) is 2.14. The van der Waals surface area contributed by atoms with Crippen LogP contribution < -0.4 is 32.0 Å². The Bertz CT molecular complexity index is 2100. The van der Waals surface area contributed by atoms with Gasteiger partial charge in [-0.3, -0.25) is 9.59 Å². The molecule has 2 atom stereocenters. The Kier molecular flexibility index (Phi) is 7.25. The van der Waals surface area contributed by atoms with Crippen LogP contribution in [0.25, 0.3) is 10.1 Å². The highest BCUT2D eigenvalue weighted by Crippen LogP contribution is 2.52. The number of aryl methyl sites for hydroxylation is 1. The maximum atomic E-state index is 14.1. The number of benzene rings is 4. The van der Waals surface area contributed by atoms with E-state index in [0.717, 1.165) is 34.1 Å². The molecule has 4 aromatic carbocycles. The van der Waals surface area contributed by atoms with Crippen LogP contribution in [0.5, 0.6) is 17.2 Å². The molecule has 1 saturated carbocycles. The van der Waals surface area contributed by atoms with Gasteiger partial charge in [0.05, 0.1) is 16.3 Å². The van der Waals surface area contributed by atoms with Crippen LogP contribution in [0.1, 0.15) is 52.3 Å². The number of amides is 1. The summed E-state index contributed by atoms with van der Waals surface area (Å²) in [6, 6.07) is 24.6. The number of hydrogen-bond donors (Lipinski definition) is 4. The number of rotatable bonds is 8. The minimum absolute atomic E-state index is 0.00976. The largest absolute Gasteiger partial charge is 0.488 e. The highest BCUT2D eigenvalue weighted by atomic mass is 32.1. The molecule has 0 aliphatic heterocycles. The number of nitriles is 1. The molecule has 0 radical (unpaired) electrons. The van der Waals surface area contributed by atoms with Gasteiger partial charge in [0.15, 0.2) is 5.78 Å². The third-order valence-corrected chi connectivity index (χ3v) is 9.83. The Labute approximate surface area is 269 Å². The van der Waals surface area contributed by atoms with Crippen molar-refractivity contribution >= 4 is 43.8 Å². The van der Waals surface area contributed by atoms with E-state index in [4.69, 9.17) is 26.7 Å². The number of carbonyl (C=O) groups excluding carboxylic acids is 2. The summed E-state index contributed by atoms with van der Waals surface area (Å²) in [5, 5.41) is 13.6. The second-order valence-electron chi connectivity index (χ2n) is 11.8. The Balaban J connectivity index is 1.18. The number of anilines is 2. The molecule has 0 spiro atoms. The van der Waals surface area contributed by atoms with Gasteiger partial charge in [-0.25, -0.2) is 0 Å². The van der Waals surface area contributed by atoms with Gasteiger partial charge >= 0.3 is 0 Å².